The van der Waals surface area contributed by atoms with Crippen molar-refractivity contribution in [2.75, 3.05) is 26.3 Å². The third kappa shape index (κ3) is 3.73. The summed E-state index contributed by atoms with van der Waals surface area (Å²) < 4.78 is 5.17. The number of rotatable bonds is 5. The number of carbonyl (C=O) groups excluding carboxylic acids is 1. The number of aliphatic hydroxyl groups is 1. The van der Waals surface area contributed by atoms with Crippen LogP contribution in [0.5, 0.6) is 0 Å². The number of ether oxygens (including phenoxy) is 1. The van der Waals surface area contributed by atoms with E-state index < -0.39 is 5.60 Å². The molecule has 1 aliphatic rings. The Labute approximate surface area is 96.3 Å². The first-order chi connectivity index (χ1) is 7.61. The number of hydrogen-bond acceptors (Lipinski definition) is 4. The lowest BCUT2D eigenvalue weighted by Gasteiger charge is -2.32. The van der Waals surface area contributed by atoms with Gasteiger partial charge >= 0.3 is 0 Å². The molecular weight excluding hydrogens is 208 g/mol. The van der Waals surface area contributed by atoms with Gasteiger partial charge in [0, 0.05) is 45.1 Å². The third-order valence-electron chi connectivity index (χ3n) is 3.16. The Hall–Kier alpha value is -0.650. The minimum absolute atomic E-state index is 0.0649. The summed E-state index contributed by atoms with van der Waals surface area (Å²) in [5, 5.41) is 12.9. The molecule has 5 nitrogen and oxygen atoms in total. The highest BCUT2D eigenvalue weighted by atomic mass is 16.5. The Balaban J connectivity index is 2.35. The molecule has 0 aromatic carbocycles. The summed E-state index contributed by atoms with van der Waals surface area (Å²) in [6.45, 7) is 3.69. The summed E-state index contributed by atoms with van der Waals surface area (Å²) in [5.74, 6) is -0.214. The molecule has 5 heteroatoms. The van der Waals surface area contributed by atoms with Crippen LogP contribution in [0.3, 0.4) is 0 Å². The summed E-state index contributed by atoms with van der Waals surface area (Å²) in [4.78, 5) is 11.7. The van der Waals surface area contributed by atoms with Gasteiger partial charge in [0.2, 0.25) is 5.91 Å². The van der Waals surface area contributed by atoms with Gasteiger partial charge in [0.1, 0.15) is 0 Å². The number of hydrogen-bond donors (Lipinski definition) is 3. The molecular formula is C11H22N2O3. The van der Waals surface area contributed by atoms with Gasteiger partial charge in [-0.3, -0.25) is 4.79 Å². The first kappa shape index (κ1) is 13.4. The molecule has 1 atom stereocenters. The van der Waals surface area contributed by atoms with Crippen molar-refractivity contribution in [1.82, 2.24) is 5.32 Å². The molecule has 0 aliphatic carbocycles. The molecule has 16 heavy (non-hydrogen) atoms. The van der Waals surface area contributed by atoms with E-state index >= 15 is 0 Å². The van der Waals surface area contributed by atoms with Crippen LogP contribution in [-0.2, 0) is 9.53 Å². The molecule has 1 saturated heterocycles. The maximum atomic E-state index is 11.7. The molecule has 0 spiro atoms. The minimum atomic E-state index is -0.805. The van der Waals surface area contributed by atoms with E-state index in [9.17, 15) is 9.90 Å². The predicted octanol–water partition coefficient (Wildman–Crippen LogP) is -0.371. The second-order valence-corrected chi connectivity index (χ2v) is 4.40. The zero-order valence-electron chi connectivity index (χ0n) is 9.87. The van der Waals surface area contributed by atoms with Gasteiger partial charge < -0.3 is 20.9 Å². The molecule has 1 unspecified atom stereocenters. The quantitative estimate of drug-likeness (QED) is 0.601. The zero-order valence-corrected chi connectivity index (χ0v) is 9.87. The largest absolute Gasteiger partial charge is 0.388 e. The Morgan fingerprint density at radius 2 is 2.19 bits per heavy atom. The summed E-state index contributed by atoms with van der Waals surface area (Å²) in [5.41, 5.74) is 4.68. The number of carbonyl (C=O) groups is 1. The molecule has 0 bridgehead atoms. The molecule has 1 amide bonds. The van der Waals surface area contributed by atoms with E-state index in [-0.39, 0.29) is 11.8 Å². The van der Waals surface area contributed by atoms with E-state index in [4.69, 9.17) is 10.5 Å². The highest BCUT2D eigenvalue weighted by molar-refractivity contribution is 5.78. The Morgan fingerprint density at radius 1 is 1.56 bits per heavy atom. The van der Waals surface area contributed by atoms with Crippen LogP contribution in [0.2, 0.25) is 0 Å². The average molecular weight is 230 g/mol. The van der Waals surface area contributed by atoms with Gasteiger partial charge in [-0.15, -0.1) is 0 Å². The van der Waals surface area contributed by atoms with E-state index in [1.165, 1.54) is 0 Å². The minimum Gasteiger partial charge on any atom is -0.388 e. The molecule has 94 valence electrons. The highest BCUT2D eigenvalue weighted by Gasteiger charge is 2.30. The summed E-state index contributed by atoms with van der Waals surface area (Å²) >= 11 is 0. The lowest BCUT2D eigenvalue weighted by Crippen LogP contribution is -2.48. The molecule has 4 N–H and O–H groups in total. The molecule has 0 radical (unpaired) electrons. The standard InChI is InChI=1S/C11H22N2O3/c1-2-9(7-12)10(14)13-8-11(15)3-5-16-6-4-11/h9,15H,2-8,12H2,1H3,(H,13,14). The average Bonchev–Trinajstić information content (AvgIpc) is 2.29. The Bertz CT molecular complexity index is 223. The zero-order chi connectivity index (χ0) is 12.0. The summed E-state index contributed by atoms with van der Waals surface area (Å²) in [7, 11) is 0. The fraction of sp³-hybridized carbons (Fsp3) is 0.909. The van der Waals surface area contributed by atoms with Crippen LogP contribution in [0, 0.1) is 5.92 Å². The molecule has 0 saturated carbocycles. The van der Waals surface area contributed by atoms with Gasteiger partial charge in [0.15, 0.2) is 0 Å². The second kappa shape index (κ2) is 6.18. The smallest absolute Gasteiger partial charge is 0.224 e. The van der Waals surface area contributed by atoms with E-state index in [1.807, 2.05) is 6.92 Å². The number of amides is 1. The van der Waals surface area contributed by atoms with Gasteiger partial charge in [-0.05, 0) is 6.42 Å². The first-order valence-corrected chi connectivity index (χ1v) is 5.89. The van der Waals surface area contributed by atoms with Crippen molar-refractivity contribution in [3.63, 3.8) is 0 Å². The van der Waals surface area contributed by atoms with Crippen LogP contribution in [0.4, 0.5) is 0 Å². The van der Waals surface area contributed by atoms with Gasteiger partial charge in [-0.2, -0.15) is 0 Å². The van der Waals surface area contributed by atoms with Gasteiger partial charge in [-0.1, -0.05) is 6.92 Å². The summed E-state index contributed by atoms with van der Waals surface area (Å²) in [6, 6.07) is 0. The topological polar surface area (TPSA) is 84.6 Å². The van der Waals surface area contributed by atoms with Gasteiger partial charge in [0.05, 0.1) is 5.60 Å². The SMILES string of the molecule is CCC(CN)C(=O)NCC1(O)CCOCC1. The highest BCUT2D eigenvalue weighted by Crippen LogP contribution is 2.19. The fourth-order valence-corrected chi connectivity index (χ4v) is 1.78. The van der Waals surface area contributed by atoms with Crippen molar-refractivity contribution in [2.24, 2.45) is 11.7 Å². The van der Waals surface area contributed by atoms with E-state index in [0.29, 0.717) is 39.1 Å². The second-order valence-electron chi connectivity index (χ2n) is 4.40. The third-order valence-corrected chi connectivity index (χ3v) is 3.16. The first-order valence-electron chi connectivity index (χ1n) is 5.89. The fourth-order valence-electron chi connectivity index (χ4n) is 1.78. The van der Waals surface area contributed by atoms with Crippen molar-refractivity contribution in [3.05, 3.63) is 0 Å². The van der Waals surface area contributed by atoms with Gasteiger partial charge in [-0.25, -0.2) is 0 Å². The van der Waals surface area contributed by atoms with Crippen molar-refractivity contribution >= 4 is 5.91 Å². The monoisotopic (exact) mass is 230 g/mol. The van der Waals surface area contributed by atoms with Crippen LogP contribution >= 0.6 is 0 Å². The molecule has 0 aromatic rings. The number of nitrogens with two attached hydrogens (primary N) is 1. The van der Waals surface area contributed by atoms with E-state index in [0.717, 1.165) is 6.42 Å². The van der Waals surface area contributed by atoms with Crippen LogP contribution < -0.4 is 11.1 Å². The Morgan fingerprint density at radius 3 is 2.69 bits per heavy atom. The molecule has 1 aliphatic heterocycles. The Kier molecular flexibility index (Phi) is 5.18. The normalized spacial score (nSPS) is 21.4. The number of nitrogens with one attached hydrogen (secondary N) is 1. The van der Waals surface area contributed by atoms with Crippen LogP contribution in [0.1, 0.15) is 26.2 Å². The van der Waals surface area contributed by atoms with Gasteiger partial charge in [0.25, 0.3) is 0 Å². The lowest BCUT2D eigenvalue weighted by molar-refractivity contribution is -0.127. The molecule has 1 fully saturated rings. The van der Waals surface area contributed by atoms with Crippen LogP contribution in [0.25, 0.3) is 0 Å². The van der Waals surface area contributed by atoms with Crippen LogP contribution in [0.15, 0.2) is 0 Å². The van der Waals surface area contributed by atoms with Crippen molar-refractivity contribution < 1.29 is 14.6 Å². The van der Waals surface area contributed by atoms with E-state index in [1.54, 1.807) is 0 Å². The molecule has 0 aromatic heterocycles. The van der Waals surface area contributed by atoms with Crippen molar-refractivity contribution in [3.8, 4) is 0 Å². The van der Waals surface area contributed by atoms with E-state index in [2.05, 4.69) is 5.32 Å². The van der Waals surface area contributed by atoms with Crippen LogP contribution in [-0.4, -0.2) is 42.9 Å². The van der Waals surface area contributed by atoms with Crippen molar-refractivity contribution in [2.45, 2.75) is 31.8 Å². The van der Waals surface area contributed by atoms with Crippen molar-refractivity contribution in [1.29, 1.82) is 0 Å². The predicted molar refractivity (Wildman–Crippen MR) is 60.8 cm³/mol. The summed E-state index contributed by atoms with van der Waals surface area (Å²) in [6.07, 6.45) is 1.88. The maximum absolute atomic E-state index is 11.7. The molecule has 1 rings (SSSR count). The lowest BCUT2D eigenvalue weighted by atomic mass is 9.94. The maximum Gasteiger partial charge on any atom is 0.224 e. The molecule has 1 heterocycles.